The highest BCUT2D eigenvalue weighted by atomic mass is 16.3. The van der Waals surface area contributed by atoms with Gasteiger partial charge in [-0.05, 0) is 36.6 Å². The van der Waals surface area contributed by atoms with Crippen molar-refractivity contribution in [2.24, 2.45) is 4.99 Å². The van der Waals surface area contributed by atoms with Gasteiger partial charge in [0.2, 0.25) is 0 Å². The molecule has 146 valence electrons. The van der Waals surface area contributed by atoms with Gasteiger partial charge >= 0.3 is 0 Å². The molecule has 2 heterocycles. The van der Waals surface area contributed by atoms with Crippen molar-refractivity contribution in [1.29, 1.82) is 0 Å². The topological polar surface area (TPSA) is 87.4 Å². The summed E-state index contributed by atoms with van der Waals surface area (Å²) in [6.07, 6.45) is 7.20. The molecule has 3 rings (SSSR count). The van der Waals surface area contributed by atoms with Crippen molar-refractivity contribution in [3.05, 3.63) is 78.5 Å². The number of aliphatic hydroxyl groups excluding tert-OH is 1. The molecule has 0 saturated heterocycles. The second-order valence-corrected chi connectivity index (χ2v) is 6.33. The molecule has 0 aliphatic carbocycles. The lowest BCUT2D eigenvalue weighted by molar-refractivity contribution is 0.168. The highest BCUT2D eigenvalue weighted by molar-refractivity contribution is 5.79. The Morgan fingerprint density at radius 1 is 1.18 bits per heavy atom. The van der Waals surface area contributed by atoms with E-state index in [-0.39, 0.29) is 0 Å². The first-order chi connectivity index (χ1) is 13.8. The molecule has 3 N–H and O–H groups in total. The van der Waals surface area contributed by atoms with Crippen molar-refractivity contribution in [3.63, 3.8) is 0 Å². The van der Waals surface area contributed by atoms with E-state index in [0.717, 1.165) is 29.4 Å². The van der Waals surface area contributed by atoms with Crippen LogP contribution in [0.5, 0.6) is 0 Å². The minimum Gasteiger partial charge on any atom is -0.388 e. The number of aliphatic hydroxyl groups is 1. The van der Waals surface area contributed by atoms with E-state index in [9.17, 15) is 5.11 Å². The Morgan fingerprint density at radius 2 is 2.04 bits per heavy atom. The van der Waals surface area contributed by atoms with Crippen molar-refractivity contribution < 1.29 is 5.11 Å². The summed E-state index contributed by atoms with van der Waals surface area (Å²) < 4.78 is 1.86. The highest BCUT2D eigenvalue weighted by Crippen LogP contribution is 2.14. The van der Waals surface area contributed by atoms with Crippen molar-refractivity contribution in [2.75, 3.05) is 13.1 Å². The van der Waals surface area contributed by atoms with Crippen LogP contribution in [0.2, 0.25) is 0 Å². The van der Waals surface area contributed by atoms with Gasteiger partial charge in [-0.3, -0.25) is 4.57 Å². The van der Waals surface area contributed by atoms with Gasteiger partial charge in [0.15, 0.2) is 5.96 Å². The summed E-state index contributed by atoms with van der Waals surface area (Å²) in [5.74, 6) is 1.54. The quantitative estimate of drug-likeness (QED) is 0.414. The zero-order valence-electron chi connectivity index (χ0n) is 16.0. The zero-order chi connectivity index (χ0) is 19.6. The number of nitrogens with one attached hydrogen (secondary N) is 2. The SMILES string of the molecule is CCNC(=NCc1ccnc(-n2ccnc2)c1)NCCC(O)c1ccccc1. The van der Waals surface area contributed by atoms with Crippen molar-refractivity contribution in [2.45, 2.75) is 26.0 Å². The average Bonchev–Trinajstić information content (AvgIpc) is 3.28. The van der Waals surface area contributed by atoms with E-state index in [1.807, 2.05) is 60.2 Å². The predicted molar refractivity (Wildman–Crippen MR) is 110 cm³/mol. The maximum absolute atomic E-state index is 10.3. The molecule has 0 aliphatic heterocycles. The Kier molecular flexibility index (Phi) is 7.14. The predicted octanol–water partition coefficient (Wildman–Crippen LogP) is 2.45. The molecule has 0 aliphatic rings. The van der Waals surface area contributed by atoms with Gasteiger partial charge in [0.05, 0.1) is 12.6 Å². The average molecular weight is 378 g/mol. The maximum Gasteiger partial charge on any atom is 0.191 e. The van der Waals surface area contributed by atoms with Gasteiger partial charge in [0, 0.05) is 31.7 Å². The lowest BCUT2D eigenvalue weighted by Gasteiger charge is -2.14. The summed E-state index contributed by atoms with van der Waals surface area (Å²) in [7, 11) is 0. The zero-order valence-corrected chi connectivity index (χ0v) is 16.0. The van der Waals surface area contributed by atoms with Crippen LogP contribution < -0.4 is 10.6 Å². The molecular formula is C21H26N6O. The number of aliphatic imine (C=N–C) groups is 1. The summed E-state index contributed by atoms with van der Waals surface area (Å²) in [4.78, 5) is 13.0. The number of nitrogens with zero attached hydrogens (tertiary/aromatic N) is 4. The third-order valence-corrected chi connectivity index (χ3v) is 4.24. The van der Waals surface area contributed by atoms with Crippen LogP contribution in [0.3, 0.4) is 0 Å². The van der Waals surface area contributed by atoms with Crippen molar-refractivity contribution in [1.82, 2.24) is 25.2 Å². The van der Waals surface area contributed by atoms with E-state index in [1.54, 1.807) is 18.7 Å². The Bertz CT molecular complexity index is 864. The fourth-order valence-corrected chi connectivity index (χ4v) is 2.78. The first-order valence-electron chi connectivity index (χ1n) is 9.44. The number of aromatic nitrogens is 3. The van der Waals surface area contributed by atoms with Gasteiger partial charge in [0.1, 0.15) is 12.1 Å². The number of rotatable bonds is 8. The second kappa shape index (κ2) is 10.2. The molecule has 0 fully saturated rings. The van der Waals surface area contributed by atoms with Crippen LogP contribution in [0.1, 0.15) is 30.6 Å². The molecule has 1 aromatic carbocycles. The Labute approximate surface area is 165 Å². The van der Waals surface area contributed by atoms with Gasteiger partial charge in [-0.2, -0.15) is 0 Å². The van der Waals surface area contributed by atoms with E-state index in [0.29, 0.717) is 19.5 Å². The van der Waals surface area contributed by atoms with Crippen LogP contribution in [0.4, 0.5) is 0 Å². The third-order valence-electron chi connectivity index (χ3n) is 4.24. The number of guanidine groups is 1. The van der Waals surface area contributed by atoms with Crippen LogP contribution in [0.25, 0.3) is 5.82 Å². The van der Waals surface area contributed by atoms with Crippen LogP contribution in [0.15, 0.2) is 72.4 Å². The summed E-state index contributed by atoms with van der Waals surface area (Å²) in [5, 5.41) is 16.8. The van der Waals surface area contributed by atoms with Crippen LogP contribution in [-0.2, 0) is 6.54 Å². The van der Waals surface area contributed by atoms with Crippen LogP contribution in [-0.4, -0.2) is 38.7 Å². The number of benzene rings is 1. The van der Waals surface area contributed by atoms with Gasteiger partial charge in [0.25, 0.3) is 0 Å². The molecule has 0 amide bonds. The van der Waals surface area contributed by atoms with E-state index in [4.69, 9.17) is 0 Å². The maximum atomic E-state index is 10.3. The minimum atomic E-state index is -0.491. The van der Waals surface area contributed by atoms with Crippen LogP contribution in [0, 0.1) is 0 Å². The van der Waals surface area contributed by atoms with Crippen molar-refractivity contribution >= 4 is 5.96 Å². The van der Waals surface area contributed by atoms with Crippen molar-refractivity contribution in [3.8, 4) is 5.82 Å². The fourth-order valence-electron chi connectivity index (χ4n) is 2.78. The molecule has 2 aromatic heterocycles. The first kappa shape index (κ1) is 19.6. The summed E-state index contributed by atoms with van der Waals surface area (Å²) in [5.41, 5.74) is 1.98. The van der Waals surface area contributed by atoms with Gasteiger partial charge < -0.3 is 15.7 Å². The molecule has 7 heteroatoms. The van der Waals surface area contributed by atoms with E-state index >= 15 is 0 Å². The smallest absolute Gasteiger partial charge is 0.191 e. The summed E-state index contributed by atoms with van der Waals surface area (Å²) in [6.45, 7) is 3.95. The monoisotopic (exact) mass is 378 g/mol. The first-order valence-corrected chi connectivity index (χ1v) is 9.44. The molecule has 0 saturated carbocycles. The molecule has 1 atom stereocenters. The summed E-state index contributed by atoms with van der Waals surface area (Å²) in [6, 6.07) is 13.6. The Morgan fingerprint density at radius 3 is 2.79 bits per heavy atom. The molecule has 0 spiro atoms. The van der Waals surface area contributed by atoms with Gasteiger partial charge in [-0.1, -0.05) is 30.3 Å². The lowest BCUT2D eigenvalue weighted by Crippen LogP contribution is -2.38. The molecule has 1 unspecified atom stereocenters. The second-order valence-electron chi connectivity index (χ2n) is 6.33. The number of hydrogen-bond donors (Lipinski definition) is 3. The fraction of sp³-hybridized carbons (Fsp3) is 0.286. The Hall–Kier alpha value is -3.19. The van der Waals surface area contributed by atoms with E-state index < -0.39 is 6.10 Å². The molecule has 0 radical (unpaired) electrons. The largest absolute Gasteiger partial charge is 0.388 e. The number of imidazole rings is 1. The number of pyridine rings is 1. The standard InChI is InChI=1S/C21H26N6O/c1-2-23-21(25-11-9-19(28)18-6-4-3-5-7-18)26-15-17-8-10-24-20(14-17)27-13-12-22-16-27/h3-8,10,12-14,16,19,28H,2,9,11,15H2,1H3,(H2,23,25,26). The van der Waals surface area contributed by atoms with Crippen LogP contribution >= 0.6 is 0 Å². The van der Waals surface area contributed by atoms with Gasteiger partial charge in [-0.15, -0.1) is 0 Å². The van der Waals surface area contributed by atoms with Gasteiger partial charge in [-0.25, -0.2) is 15.0 Å². The van der Waals surface area contributed by atoms with E-state index in [1.165, 1.54) is 0 Å². The minimum absolute atomic E-state index is 0.491. The number of hydrogen-bond acceptors (Lipinski definition) is 4. The van der Waals surface area contributed by atoms with E-state index in [2.05, 4.69) is 25.6 Å². The molecule has 7 nitrogen and oxygen atoms in total. The molecule has 0 bridgehead atoms. The molecular weight excluding hydrogens is 352 g/mol. The highest BCUT2D eigenvalue weighted by Gasteiger charge is 2.07. The Balaban J connectivity index is 1.56. The molecule has 3 aromatic rings. The molecule has 28 heavy (non-hydrogen) atoms. The lowest BCUT2D eigenvalue weighted by atomic mass is 10.1. The third kappa shape index (κ3) is 5.65. The normalized spacial score (nSPS) is 12.6. The summed E-state index contributed by atoms with van der Waals surface area (Å²) >= 11 is 0.